The van der Waals surface area contributed by atoms with Crippen molar-refractivity contribution in [2.45, 2.75) is 216 Å². The molecular weight excluding hydrogens is 1400 g/mol. The minimum Gasteiger partial charge on any atom is -0.370 e. The molecule has 2 aromatic carbocycles. The molecule has 4 heterocycles. The van der Waals surface area contributed by atoms with Gasteiger partial charge in [-0.15, -0.1) is 0 Å². The quantitative estimate of drug-likeness (QED) is 0.0220. The summed E-state index contributed by atoms with van der Waals surface area (Å²) in [5, 5.41) is 52.6. The number of rotatable bonds is 49. The second kappa shape index (κ2) is 47.6. The van der Waals surface area contributed by atoms with E-state index >= 15 is 0 Å². The fourth-order valence-electron chi connectivity index (χ4n) is 13.2. The lowest BCUT2D eigenvalue weighted by atomic mass is 9.99. The Morgan fingerprint density at radius 2 is 0.815 bits per heavy atom. The van der Waals surface area contributed by atoms with Crippen LogP contribution in [0.4, 0.5) is 38.4 Å². The zero-order valence-electron chi connectivity index (χ0n) is 64.0. The van der Waals surface area contributed by atoms with Crippen LogP contribution >= 0.6 is 11.8 Å². The van der Waals surface area contributed by atoms with Gasteiger partial charge in [0.2, 0.25) is 11.8 Å². The lowest BCUT2D eigenvalue weighted by Crippen LogP contribution is -2.56. The number of nitrogens with one attached hydrogen (secondary N) is 19. The summed E-state index contributed by atoms with van der Waals surface area (Å²) >= 11 is 1.85. The zero-order chi connectivity index (χ0) is 78.3. The van der Waals surface area contributed by atoms with Gasteiger partial charge in [0.05, 0.1) is 30.2 Å². The number of carbonyl (C=O) groups is 10. The van der Waals surface area contributed by atoms with Crippen molar-refractivity contribution >= 4 is 93.6 Å². The Kier molecular flexibility index (Phi) is 38.7. The van der Waals surface area contributed by atoms with E-state index in [0.29, 0.717) is 115 Å². The summed E-state index contributed by atoms with van der Waals surface area (Å²) in [4.78, 5) is 139. The van der Waals surface area contributed by atoms with E-state index in [0.717, 1.165) is 51.5 Å². The fraction of sp³-hybridized carbons (Fsp3) is 0.649. The standard InChI is InChI=1S/C74H125N23O10S/c1-45(2)57(28-29-64(78)98)94-72(105)83-39-52(21-15-18-32-77)88-67(100)84-40-53(33-48-35-79-58-24-9-7-22-55(48)58)91-68(101)81-38-51(20-14-17-31-76)90-71(104)87-43-61(47(5)6)95-73(106)85-41-54(34-49-36-80-59-25-10-8-23-56(49)59)92-69(102)82-37-50(19-13-16-30-75)89-70(103)86-42-60(46(3)4)93-65(99)27-12-11-26-63-66-62(44-108-63)96-74(107)97-66/h7-10,22-25,35-36,45-47,50-54,57,60-63,66,79-80H,11-21,26-34,37-44,75-77H2,1-6H3,(H2,78,98)(H,93,99)(H2,81,91,101)(H2,82,92,102)(H2,83,94,105)(H2,84,88,100)(H2,85,95,106)(H2,86,89,103)(H2,87,90,104)(H2,96,97,107)/t50-,51-,52-,53-,54-,57+,60+,61+,62-,63-,66-/m0/s1. The number of hydrogen-bond donors (Lipinski definition) is 23. The summed E-state index contributed by atoms with van der Waals surface area (Å²) in [6, 6.07) is 8.18. The van der Waals surface area contributed by atoms with Crippen LogP contribution in [-0.2, 0) is 22.4 Å². The molecule has 27 N–H and O–H groups in total. The third-order valence-corrected chi connectivity index (χ3v) is 21.2. The number of H-pyrrole nitrogens is 2. The molecule has 11 atom stereocenters. The van der Waals surface area contributed by atoms with Crippen LogP contribution < -0.4 is 113 Å². The lowest BCUT2D eigenvalue weighted by molar-refractivity contribution is -0.122. The van der Waals surface area contributed by atoms with Crippen molar-refractivity contribution in [2.24, 2.45) is 40.7 Å². The number of hydrogen-bond acceptors (Lipinski definition) is 14. The van der Waals surface area contributed by atoms with E-state index in [1.54, 1.807) is 0 Å². The van der Waals surface area contributed by atoms with E-state index in [9.17, 15) is 47.9 Å². The molecule has 0 saturated carbocycles. The lowest BCUT2D eigenvalue weighted by Gasteiger charge is -2.26. The number of fused-ring (bicyclic) bond motifs is 3. The molecule has 2 aliphatic rings. The van der Waals surface area contributed by atoms with Gasteiger partial charge in [-0.2, -0.15) is 11.8 Å². The molecule has 4 aromatic rings. The van der Waals surface area contributed by atoms with Crippen LogP contribution in [-0.4, -0.2) is 207 Å². The number of thioether (sulfide) groups is 1. The molecule has 18 amide bonds. The monoisotopic (exact) mass is 1530 g/mol. The predicted molar refractivity (Wildman–Crippen MR) is 424 cm³/mol. The number of carbonyl (C=O) groups excluding carboxylic acids is 10. The van der Waals surface area contributed by atoms with Crippen molar-refractivity contribution in [1.29, 1.82) is 0 Å². The number of amides is 18. The maximum atomic E-state index is 13.9. The van der Waals surface area contributed by atoms with E-state index in [-0.39, 0.29) is 106 Å². The molecule has 0 spiro atoms. The van der Waals surface area contributed by atoms with Crippen molar-refractivity contribution in [1.82, 2.24) is 100 Å². The maximum absolute atomic E-state index is 13.9. The highest BCUT2D eigenvalue weighted by Gasteiger charge is 2.42. The Morgan fingerprint density at radius 1 is 0.435 bits per heavy atom. The number of urea groups is 8. The van der Waals surface area contributed by atoms with Crippen molar-refractivity contribution in [2.75, 3.05) is 71.2 Å². The highest BCUT2D eigenvalue weighted by molar-refractivity contribution is 8.00. The molecule has 2 fully saturated rings. The van der Waals surface area contributed by atoms with Crippen molar-refractivity contribution in [3.05, 3.63) is 72.1 Å². The first-order valence-electron chi connectivity index (χ1n) is 38.7. The van der Waals surface area contributed by atoms with Gasteiger partial charge in [-0.1, -0.05) is 104 Å². The zero-order valence-corrected chi connectivity index (χ0v) is 64.8. The van der Waals surface area contributed by atoms with E-state index in [2.05, 4.69) is 100 Å². The number of nitrogens with two attached hydrogens (primary N) is 4. The normalized spacial score (nSPS) is 16.8. The molecule has 108 heavy (non-hydrogen) atoms. The van der Waals surface area contributed by atoms with Gasteiger partial charge in [-0.05, 0) is 131 Å². The summed E-state index contributed by atoms with van der Waals surface area (Å²) < 4.78 is 0. The van der Waals surface area contributed by atoms with E-state index < -0.39 is 84.4 Å². The van der Waals surface area contributed by atoms with Gasteiger partial charge >= 0.3 is 48.2 Å². The first-order chi connectivity index (χ1) is 51.9. The van der Waals surface area contributed by atoms with Crippen LogP contribution in [0.2, 0.25) is 0 Å². The van der Waals surface area contributed by atoms with E-state index in [4.69, 9.17) is 22.9 Å². The minimum atomic E-state index is -0.626. The summed E-state index contributed by atoms with van der Waals surface area (Å²) in [6.07, 6.45) is 13.3. The Bertz CT molecular complexity index is 3450. The number of unbranched alkanes of at least 4 members (excludes halogenated alkanes) is 4. The summed E-state index contributed by atoms with van der Waals surface area (Å²) in [5.41, 5.74) is 26.5. The number of benzene rings is 2. The van der Waals surface area contributed by atoms with Crippen LogP contribution in [0.15, 0.2) is 60.9 Å². The largest absolute Gasteiger partial charge is 0.370 e. The fourth-order valence-corrected chi connectivity index (χ4v) is 14.7. The number of aromatic nitrogens is 2. The molecule has 2 aliphatic heterocycles. The molecular formula is C74H125N23O10S. The smallest absolute Gasteiger partial charge is 0.315 e. The van der Waals surface area contributed by atoms with Crippen LogP contribution in [0, 0.1) is 17.8 Å². The highest BCUT2D eigenvalue weighted by atomic mass is 32.2. The van der Waals surface area contributed by atoms with Gasteiger partial charge in [0.1, 0.15) is 0 Å². The van der Waals surface area contributed by atoms with Crippen molar-refractivity contribution < 1.29 is 47.9 Å². The second-order valence-electron chi connectivity index (χ2n) is 29.4. The van der Waals surface area contributed by atoms with Crippen LogP contribution in [0.3, 0.4) is 0 Å². The maximum Gasteiger partial charge on any atom is 0.315 e. The van der Waals surface area contributed by atoms with Crippen LogP contribution in [0.25, 0.3) is 21.8 Å². The average molecular weight is 1530 g/mol. The van der Waals surface area contributed by atoms with Crippen molar-refractivity contribution in [3.63, 3.8) is 0 Å². The minimum absolute atomic E-state index is 0.00544. The molecule has 33 nitrogen and oxygen atoms in total. The highest BCUT2D eigenvalue weighted by Crippen LogP contribution is 2.33. The van der Waals surface area contributed by atoms with Gasteiger partial charge < -0.3 is 123 Å². The first kappa shape index (κ1) is 87.8. The van der Waals surface area contributed by atoms with E-state index in [1.165, 1.54) is 0 Å². The predicted octanol–water partition coefficient (Wildman–Crippen LogP) is 3.94. The molecule has 2 aromatic heterocycles. The Labute approximate surface area is 639 Å². The summed E-state index contributed by atoms with van der Waals surface area (Å²) in [6.45, 7) is 13.4. The van der Waals surface area contributed by atoms with Crippen molar-refractivity contribution in [3.8, 4) is 0 Å². The number of para-hydroxylation sites is 2. The molecule has 0 radical (unpaired) electrons. The van der Waals surface area contributed by atoms with Crippen LogP contribution in [0.5, 0.6) is 0 Å². The first-order valence-corrected chi connectivity index (χ1v) is 39.7. The number of aromatic amines is 2. The van der Waals surface area contributed by atoms with Gasteiger partial charge in [0.25, 0.3) is 0 Å². The third kappa shape index (κ3) is 32.3. The molecule has 602 valence electrons. The molecule has 6 rings (SSSR count). The molecule has 2 saturated heterocycles. The molecule has 0 bridgehead atoms. The summed E-state index contributed by atoms with van der Waals surface area (Å²) in [7, 11) is 0. The van der Waals surface area contributed by atoms with Crippen LogP contribution in [0.1, 0.15) is 149 Å². The van der Waals surface area contributed by atoms with Gasteiger partial charge in [0, 0.05) is 134 Å². The molecule has 34 heteroatoms. The van der Waals surface area contributed by atoms with Gasteiger partial charge in [-0.25, -0.2) is 38.4 Å². The second-order valence-corrected chi connectivity index (χ2v) is 30.7. The summed E-state index contributed by atoms with van der Waals surface area (Å²) in [5.74, 6) is 0.228. The third-order valence-electron chi connectivity index (χ3n) is 19.7. The average Bonchev–Trinajstić information content (AvgIpc) is 1.68. The topological polar surface area (TPSA) is 511 Å². The number of primary amides is 1. The SMILES string of the molecule is CC(C)[C@@H](CNC(=O)N[C@@H](CCCCN)CNC(=O)N[C@H](CNC(=O)N[C@H](CNC(=O)N[C@@H](CCCCN)CNC(=O)N[C@H](CNC(=O)N[C@@H](CCCCN)CNC(=O)N[C@H](CCC(N)=O)C(C)C)Cc1c[nH]c2ccccc12)C(C)C)Cc1c[nH]c2ccccc12)NC(=O)CCCC[C@@H]1SC[C@@H]2NC(=O)N[C@@H]21. The Hall–Kier alpha value is -9.15. The molecule has 0 aliphatic carbocycles. The van der Waals surface area contributed by atoms with Gasteiger partial charge in [0.15, 0.2) is 0 Å². The Balaban J connectivity index is 0.997. The Morgan fingerprint density at radius 3 is 1.23 bits per heavy atom. The molecule has 0 unspecified atom stereocenters. The van der Waals surface area contributed by atoms with Gasteiger partial charge in [-0.3, -0.25) is 9.59 Å². The van der Waals surface area contributed by atoms with E-state index in [1.807, 2.05) is 114 Å².